The van der Waals surface area contributed by atoms with Gasteiger partial charge in [-0.25, -0.2) is 14.0 Å². The first-order valence-corrected chi connectivity index (χ1v) is 7.32. The fraction of sp³-hybridized carbons (Fsp3) is 0.0588. The van der Waals surface area contributed by atoms with Gasteiger partial charge in [-0.05, 0) is 24.3 Å². The summed E-state index contributed by atoms with van der Waals surface area (Å²) in [6.07, 6.45) is -1.38. The molecule has 0 radical (unpaired) electrons. The largest absolute Gasteiger partial charge is 0.415 e. The molecule has 3 rings (SSSR count). The Morgan fingerprint density at radius 3 is 2.50 bits per heavy atom. The number of anilines is 1. The van der Waals surface area contributed by atoms with Gasteiger partial charge in [-0.1, -0.05) is 41.9 Å². The molecule has 1 aliphatic heterocycles. The summed E-state index contributed by atoms with van der Waals surface area (Å²) in [5.41, 5.74) is 0.434. The summed E-state index contributed by atoms with van der Waals surface area (Å²) in [5.74, 6) is -2.54. The maximum Gasteiger partial charge on any atom is 0.355 e. The molecule has 0 amide bonds. The SMILES string of the molecule is O=C1O[C@H](OC(=O)c2ccccc2F)C(Nc2ccccc2)=C1Cl. The quantitative estimate of drug-likeness (QED) is 0.858. The molecule has 0 unspecified atom stereocenters. The average Bonchev–Trinajstić information content (AvgIpc) is 2.84. The Morgan fingerprint density at radius 1 is 1.12 bits per heavy atom. The van der Waals surface area contributed by atoms with Crippen LogP contribution >= 0.6 is 11.6 Å². The zero-order valence-corrected chi connectivity index (χ0v) is 12.9. The number of benzene rings is 2. The van der Waals surface area contributed by atoms with Gasteiger partial charge >= 0.3 is 11.9 Å². The van der Waals surface area contributed by atoms with Crippen molar-refractivity contribution in [3.05, 3.63) is 76.7 Å². The van der Waals surface area contributed by atoms with Crippen molar-refractivity contribution in [2.24, 2.45) is 0 Å². The van der Waals surface area contributed by atoms with Crippen molar-refractivity contribution in [3.63, 3.8) is 0 Å². The van der Waals surface area contributed by atoms with Crippen LogP contribution in [0.2, 0.25) is 0 Å². The van der Waals surface area contributed by atoms with E-state index < -0.39 is 24.0 Å². The number of carbonyl (C=O) groups is 2. The van der Waals surface area contributed by atoms with Gasteiger partial charge in [0, 0.05) is 5.69 Å². The second kappa shape index (κ2) is 6.72. The second-order valence-electron chi connectivity index (χ2n) is 4.84. The zero-order valence-electron chi connectivity index (χ0n) is 12.2. The number of hydrogen-bond acceptors (Lipinski definition) is 5. The fourth-order valence-corrected chi connectivity index (χ4v) is 2.26. The third kappa shape index (κ3) is 3.23. The zero-order chi connectivity index (χ0) is 17.1. The van der Waals surface area contributed by atoms with Crippen LogP contribution in [-0.2, 0) is 14.3 Å². The molecule has 0 saturated carbocycles. The summed E-state index contributed by atoms with van der Waals surface area (Å²) < 4.78 is 23.6. The van der Waals surface area contributed by atoms with Crippen LogP contribution in [0, 0.1) is 5.82 Å². The minimum atomic E-state index is -1.38. The van der Waals surface area contributed by atoms with Gasteiger partial charge in [0.1, 0.15) is 11.5 Å². The Bertz CT molecular complexity index is 822. The van der Waals surface area contributed by atoms with E-state index in [1.54, 1.807) is 24.3 Å². The summed E-state index contributed by atoms with van der Waals surface area (Å²) >= 11 is 5.91. The number of esters is 2. The van der Waals surface area contributed by atoms with E-state index in [9.17, 15) is 14.0 Å². The highest BCUT2D eigenvalue weighted by atomic mass is 35.5. The Morgan fingerprint density at radius 2 is 1.79 bits per heavy atom. The number of carbonyl (C=O) groups excluding carboxylic acids is 2. The molecule has 0 aromatic heterocycles. The van der Waals surface area contributed by atoms with Crippen molar-refractivity contribution in [3.8, 4) is 0 Å². The highest BCUT2D eigenvalue weighted by molar-refractivity contribution is 6.42. The summed E-state index contributed by atoms with van der Waals surface area (Å²) in [7, 11) is 0. The van der Waals surface area contributed by atoms with E-state index in [1.807, 2.05) is 6.07 Å². The predicted molar refractivity (Wildman–Crippen MR) is 84.6 cm³/mol. The first-order valence-electron chi connectivity index (χ1n) is 6.94. The summed E-state index contributed by atoms with van der Waals surface area (Å²) in [6, 6.07) is 14.2. The molecule has 0 bridgehead atoms. The molecule has 0 aliphatic carbocycles. The van der Waals surface area contributed by atoms with Crippen molar-refractivity contribution in [1.82, 2.24) is 0 Å². The van der Waals surface area contributed by atoms with Crippen LogP contribution in [0.15, 0.2) is 65.3 Å². The first kappa shape index (κ1) is 16.0. The normalized spacial score (nSPS) is 16.8. The molecule has 7 heteroatoms. The van der Waals surface area contributed by atoms with Crippen molar-refractivity contribution >= 4 is 29.2 Å². The lowest BCUT2D eigenvalue weighted by molar-refractivity contribution is -0.152. The third-order valence-corrected chi connectivity index (χ3v) is 3.58. The molecule has 2 aromatic carbocycles. The van der Waals surface area contributed by atoms with Crippen LogP contribution in [0.1, 0.15) is 10.4 Å². The lowest BCUT2D eigenvalue weighted by Gasteiger charge is -2.16. The van der Waals surface area contributed by atoms with Gasteiger partial charge in [0.15, 0.2) is 5.03 Å². The van der Waals surface area contributed by atoms with E-state index in [0.717, 1.165) is 6.07 Å². The molecule has 0 saturated heterocycles. The molecule has 5 nitrogen and oxygen atoms in total. The number of hydrogen-bond donors (Lipinski definition) is 1. The van der Waals surface area contributed by atoms with Gasteiger partial charge in [-0.15, -0.1) is 0 Å². The Balaban J connectivity index is 1.81. The molecule has 1 atom stereocenters. The summed E-state index contributed by atoms with van der Waals surface area (Å²) in [5, 5.41) is 2.64. The van der Waals surface area contributed by atoms with E-state index in [2.05, 4.69) is 5.32 Å². The van der Waals surface area contributed by atoms with Crippen LogP contribution in [0.25, 0.3) is 0 Å². The number of ether oxygens (including phenoxy) is 2. The highest BCUT2D eigenvalue weighted by Crippen LogP contribution is 2.28. The van der Waals surface area contributed by atoms with Crippen molar-refractivity contribution in [2.75, 3.05) is 5.32 Å². The number of halogens is 2. The van der Waals surface area contributed by atoms with Crippen LogP contribution in [0.5, 0.6) is 0 Å². The summed E-state index contributed by atoms with van der Waals surface area (Å²) in [6.45, 7) is 0. The van der Waals surface area contributed by atoms with Crippen molar-refractivity contribution in [2.45, 2.75) is 6.29 Å². The Hall–Kier alpha value is -2.86. The van der Waals surface area contributed by atoms with Crippen molar-refractivity contribution in [1.29, 1.82) is 0 Å². The Labute approximate surface area is 141 Å². The van der Waals surface area contributed by atoms with E-state index in [1.165, 1.54) is 18.2 Å². The lowest BCUT2D eigenvalue weighted by Crippen LogP contribution is -2.24. The maximum atomic E-state index is 13.6. The van der Waals surface area contributed by atoms with Gasteiger partial charge in [-0.3, -0.25) is 0 Å². The van der Waals surface area contributed by atoms with Gasteiger partial charge in [-0.2, -0.15) is 0 Å². The van der Waals surface area contributed by atoms with E-state index in [-0.39, 0.29) is 16.3 Å². The molecular formula is C17H11ClFNO4. The molecule has 2 aromatic rings. The molecule has 122 valence electrons. The number of cyclic esters (lactones) is 1. The van der Waals surface area contributed by atoms with Crippen LogP contribution in [-0.4, -0.2) is 18.2 Å². The molecule has 0 spiro atoms. The summed E-state index contributed by atoms with van der Waals surface area (Å²) in [4.78, 5) is 23.7. The minimum absolute atomic E-state index is 0.0811. The average molecular weight is 348 g/mol. The standard InChI is InChI=1S/C17H11ClFNO4/c18-13-14(20-10-6-2-1-3-7-10)17(24-16(13)22)23-15(21)11-8-4-5-9-12(11)19/h1-9,17,20H/t17-/m0/s1. The highest BCUT2D eigenvalue weighted by Gasteiger charge is 2.37. The van der Waals surface area contributed by atoms with Crippen LogP contribution < -0.4 is 5.32 Å². The molecule has 0 fully saturated rings. The number of para-hydroxylation sites is 1. The molecule has 1 heterocycles. The Kier molecular flexibility index (Phi) is 4.48. The molecular weight excluding hydrogens is 337 g/mol. The maximum absolute atomic E-state index is 13.6. The number of nitrogens with one attached hydrogen (secondary N) is 1. The second-order valence-corrected chi connectivity index (χ2v) is 5.22. The third-order valence-electron chi connectivity index (χ3n) is 3.23. The van der Waals surface area contributed by atoms with Gasteiger partial charge in [0.05, 0.1) is 5.56 Å². The fourth-order valence-electron chi connectivity index (χ4n) is 2.08. The van der Waals surface area contributed by atoms with Gasteiger partial charge < -0.3 is 14.8 Å². The van der Waals surface area contributed by atoms with Gasteiger partial charge in [0.25, 0.3) is 6.29 Å². The monoisotopic (exact) mass is 347 g/mol. The molecule has 1 aliphatic rings. The predicted octanol–water partition coefficient (Wildman–Crippen LogP) is 3.43. The lowest BCUT2D eigenvalue weighted by atomic mass is 10.2. The van der Waals surface area contributed by atoms with Gasteiger partial charge in [0.2, 0.25) is 0 Å². The van der Waals surface area contributed by atoms with Crippen LogP contribution in [0.4, 0.5) is 10.1 Å². The number of rotatable bonds is 4. The smallest absolute Gasteiger partial charge is 0.355 e. The van der Waals surface area contributed by atoms with E-state index >= 15 is 0 Å². The molecule has 1 N–H and O–H groups in total. The van der Waals surface area contributed by atoms with E-state index in [4.69, 9.17) is 21.1 Å². The van der Waals surface area contributed by atoms with Crippen molar-refractivity contribution < 1.29 is 23.5 Å². The first-order chi connectivity index (χ1) is 11.6. The van der Waals surface area contributed by atoms with Crippen LogP contribution in [0.3, 0.4) is 0 Å². The topological polar surface area (TPSA) is 64.6 Å². The minimum Gasteiger partial charge on any atom is -0.415 e. The van der Waals surface area contributed by atoms with E-state index in [0.29, 0.717) is 5.69 Å². The molecule has 24 heavy (non-hydrogen) atoms.